The van der Waals surface area contributed by atoms with Crippen molar-refractivity contribution >= 4 is 11.7 Å². The summed E-state index contributed by atoms with van der Waals surface area (Å²) in [4.78, 5) is 21.3. The number of halogens is 4. The Morgan fingerprint density at radius 1 is 1.09 bits per heavy atom. The molecule has 4 rings (SSSR count). The molecular formula is C23H20F4N4O. The molecule has 0 bridgehead atoms. The van der Waals surface area contributed by atoms with Gasteiger partial charge in [-0.1, -0.05) is 29.8 Å². The van der Waals surface area contributed by atoms with Gasteiger partial charge in [0.2, 0.25) is 11.7 Å². The normalized spacial score (nSPS) is 16.4. The number of alkyl halides is 3. The largest absolute Gasteiger partial charge is 0.451 e. The molecule has 0 radical (unpaired) electrons. The van der Waals surface area contributed by atoms with E-state index in [1.165, 1.54) is 17.0 Å². The number of carbonyl (C=O) groups is 1. The maximum absolute atomic E-state index is 13.8. The van der Waals surface area contributed by atoms with E-state index in [4.69, 9.17) is 5.73 Å². The Morgan fingerprint density at radius 3 is 2.44 bits per heavy atom. The molecule has 0 aliphatic carbocycles. The Hall–Kier alpha value is -3.49. The number of aromatic nitrogens is 2. The van der Waals surface area contributed by atoms with Gasteiger partial charge >= 0.3 is 6.18 Å². The summed E-state index contributed by atoms with van der Waals surface area (Å²) in [6.07, 6.45) is -3.82. The smallest absolute Gasteiger partial charge is 0.368 e. The van der Waals surface area contributed by atoms with Crippen molar-refractivity contribution in [2.45, 2.75) is 32.0 Å². The highest BCUT2D eigenvalue weighted by molar-refractivity contribution is 5.92. The number of aryl methyl sites for hydroxylation is 1. The maximum Gasteiger partial charge on any atom is 0.451 e. The zero-order chi connectivity index (χ0) is 23.0. The fraction of sp³-hybridized carbons (Fsp3) is 0.261. The molecule has 2 aromatic carbocycles. The van der Waals surface area contributed by atoms with Gasteiger partial charge in [0.1, 0.15) is 17.7 Å². The quantitative estimate of drug-likeness (QED) is 0.591. The van der Waals surface area contributed by atoms with E-state index in [2.05, 4.69) is 9.97 Å². The number of nitrogens with two attached hydrogens (primary N) is 1. The summed E-state index contributed by atoms with van der Waals surface area (Å²) in [7, 11) is 0. The fourth-order valence-electron chi connectivity index (χ4n) is 3.98. The molecule has 1 unspecified atom stereocenters. The van der Waals surface area contributed by atoms with E-state index in [9.17, 15) is 22.4 Å². The van der Waals surface area contributed by atoms with Gasteiger partial charge in [0.25, 0.3) is 0 Å². The Bertz CT molecular complexity index is 1160. The van der Waals surface area contributed by atoms with Crippen LogP contribution in [0.3, 0.4) is 0 Å². The van der Waals surface area contributed by atoms with E-state index in [-0.39, 0.29) is 11.5 Å². The van der Waals surface area contributed by atoms with Crippen LogP contribution in [0.2, 0.25) is 0 Å². The second-order valence-electron chi connectivity index (χ2n) is 7.72. The van der Waals surface area contributed by atoms with Crippen molar-refractivity contribution in [2.75, 3.05) is 11.4 Å². The number of nitrogens with zero attached hydrogens (tertiary/aromatic N) is 3. The number of hydrogen-bond acceptors (Lipinski definition) is 4. The van der Waals surface area contributed by atoms with Gasteiger partial charge in [0.05, 0.1) is 11.3 Å². The van der Waals surface area contributed by atoms with Crippen LogP contribution >= 0.6 is 0 Å². The Morgan fingerprint density at radius 2 is 1.81 bits per heavy atom. The van der Waals surface area contributed by atoms with Crippen molar-refractivity contribution in [2.24, 2.45) is 5.73 Å². The van der Waals surface area contributed by atoms with E-state index >= 15 is 0 Å². The van der Waals surface area contributed by atoms with Crippen molar-refractivity contribution in [3.63, 3.8) is 0 Å². The van der Waals surface area contributed by atoms with Crippen molar-refractivity contribution in [1.82, 2.24) is 9.97 Å². The first-order chi connectivity index (χ1) is 15.1. The number of primary amides is 1. The van der Waals surface area contributed by atoms with Gasteiger partial charge in [-0.3, -0.25) is 4.79 Å². The third kappa shape index (κ3) is 4.15. The van der Waals surface area contributed by atoms with Crippen LogP contribution in [0.25, 0.3) is 22.4 Å². The van der Waals surface area contributed by atoms with Crippen LogP contribution in [-0.4, -0.2) is 28.5 Å². The molecule has 166 valence electrons. The first kappa shape index (κ1) is 21.7. The minimum atomic E-state index is -4.82. The van der Waals surface area contributed by atoms with E-state index in [1.807, 2.05) is 13.0 Å². The van der Waals surface area contributed by atoms with Crippen LogP contribution in [0.5, 0.6) is 0 Å². The van der Waals surface area contributed by atoms with E-state index in [1.54, 1.807) is 18.2 Å². The lowest BCUT2D eigenvalue weighted by Crippen LogP contribution is -2.41. The number of hydrogen-bond donors (Lipinski definition) is 1. The van der Waals surface area contributed by atoms with Crippen molar-refractivity contribution in [3.05, 3.63) is 65.7 Å². The van der Waals surface area contributed by atoms with Crippen molar-refractivity contribution in [1.29, 1.82) is 0 Å². The molecule has 9 heteroatoms. The standard InChI is InChI=1S/C23H20F4N4O/c1-13-4-2-5-15(12-13)18-19(14-7-9-16(24)10-8-14)29-22(23(25,26)27)30-21(18)31-11-3-6-17(31)20(28)32/h2,4-5,7-10,12,17H,3,6,11H2,1H3,(H2,28,32). The predicted molar refractivity (Wildman–Crippen MR) is 112 cm³/mol. The Kier molecular flexibility index (Phi) is 5.58. The molecule has 1 saturated heterocycles. The Balaban J connectivity index is 2.07. The van der Waals surface area contributed by atoms with Gasteiger partial charge in [-0.05, 0) is 49.6 Å². The third-order valence-corrected chi connectivity index (χ3v) is 5.42. The number of carbonyl (C=O) groups excluding carboxylic acids is 1. The molecule has 0 spiro atoms. The summed E-state index contributed by atoms with van der Waals surface area (Å²) in [6.45, 7) is 2.18. The summed E-state index contributed by atoms with van der Waals surface area (Å²) < 4.78 is 54.9. The number of benzene rings is 2. The molecule has 3 aromatic rings. The molecule has 1 aliphatic heterocycles. The highest BCUT2D eigenvalue weighted by Gasteiger charge is 2.39. The van der Waals surface area contributed by atoms with E-state index < -0.39 is 29.8 Å². The van der Waals surface area contributed by atoms with Gasteiger partial charge in [-0.15, -0.1) is 0 Å². The molecule has 1 atom stereocenters. The molecule has 2 N–H and O–H groups in total. The zero-order valence-corrected chi connectivity index (χ0v) is 17.2. The van der Waals surface area contributed by atoms with Gasteiger partial charge in [0, 0.05) is 12.1 Å². The number of rotatable bonds is 4. The lowest BCUT2D eigenvalue weighted by atomic mass is 9.97. The first-order valence-corrected chi connectivity index (χ1v) is 10.0. The van der Waals surface area contributed by atoms with Crippen molar-refractivity contribution in [3.8, 4) is 22.4 Å². The molecule has 5 nitrogen and oxygen atoms in total. The minimum absolute atomic E-state index is 0.00282. The highest BCUT2D eigenvalue weighted by atomic mass is 19.4. The van der Waals surface area contributed by atoms with Crippen LogP contribution in [0.15, 0.2) is 48.5 Å². The molecular weight excluding hydrogens is 424 g/mol. The second-order valence-corrected chi connectivity index (χ2v) is 7.72. The van der Waals surface area contributed by atoms with Crippen LogP contribution in [0.4, 0.5) is 23.4 Å². The molecule has 32 heavy (non-hydrogen) atoms. The summed E-state index contributed by atoms with van der Waals surface area (Å²) in [5.41, 5.74) is 7.64. The van der Waals surface area contributed by atoms with Gasteiger partial charge in [0.15, 0.2) is 0 Å². The van der Waals surface area contributed by atoms with Gasteiger partial charge in [-0.2, -0.15) is 13.2 Å². The summed E-state index contributed by atoms with van der Waals surface area (Å²) in [5.74, 6) is -2.50. The average molecular weight is 444 g/mol. The number of anilines is 1. The number of amides is 1. The lowest BCUT2D eigenvalue weighted by molar-refractivity contribution is -0.144. The molecule has 1 fully saturated rings. The summed E-state index contributed by atoms with van der Waals surface area (Å²) in [6, 6.07) is 11.5. The average Bonchev–Trinajstić information content (AvgIpc) is 3.23. The lowest BCUT2D eigenvalue weighted by Gasteiger charge is -2.28. The predicted octanol–water partition coefficient (Wildman–Crippen LogP) is 4.73. The van der Waals surface area contributed by atoms with Crippen molar-refractivity contribution < 1.29 is 22.4 Å². The minimum Gasteiger partial charge on any atom is -0.368 e. The summed E-state index contributed by atoms with van der Waals surface area (Å²) >= 11 is 0. The second kappa shape index (κ2) is 8.22. The maximum atomic E-state index is 13.8. The zero-order valence-electron chi connectivity index (χ0n) is 17.2. The SMILES string of the molecule is Cc1cccc(-c2c(-c3ccc(F)cc3)nc(C(F)(F)F)nc2N2CCCC2C(N)=O)c1. The molecule has 0 saturated carbocycles. The monoisotopic (exact) mass is 444 g/mol. The summed E-state index contributed by atoms with van der Waals surface area (Å²) in [5, 5.41) is 0. The molecule has 1 amide bonds. The Labute approximate surface area is 181 Å². The fourth-order valence-corrected chi connectivity index (χ4v) is 3.98. The molecule has 1 aromatic heterocycles. The molecule has 2 heterocycles. The first-order valence-electron chi connectivity index (χ1n) is 10.0. The highest BCUT2D eigenvalue weighted by Crippen LogP contribution is 2.42. The van der Waals surface area contributed by atoms with Crippen LogP contribution in [-0.2, 0) is 11.0 Å². The third-order valence-electron chi connectivity index (χ3n) is 5.42. The van der Waals surface area contributed by atoms with Gasteiger partial charge < -0.3 is 10.6 Å². The van der Waals surface area contributed by atoms with E-state index in [0.29, 0.717) is 36.1 Å². The van der Waals surface area contributed by atoms with Crippen LogP contribution in [0.1, 0.15) is 24.2 Å². The van der Waals surface area contributed by atoms with Crippen LogP contribution < -0.4 is 10.6 Å². The molecule has 1 aliphatic rings. The van der Waals surface area contributed by atoms with Gasteiger partial charge in [-0.25, -0.2) is 14.4 Å². The van der Waals surface area contributed by atoms with Crippen LogP contribution in [0, 0.1) is 12.7 Å². The van der Waals surface area contributed by atoms with E-state index in [0.717, 1.165) is 17.7 Å². The topological polar surface area (TPSA) is 72.1 Å².